The van der Waals surface area contributed by atoms with Gasteiger partial charge in [-0.1, -0.05) is 12.1 Å². The van der Waals surface area contributed by atoms with Crippen LogP contribution in [0.5, 0.6) is 0 Å². The van der Waals surface area contributed by atoms with Crippen molar-refractivity contribution in [3.63, 3.8) is 0 Å². The smallest absolute Gasteiger partial charge is 0.227 e. The molecular formula is C17H22BrN3O2. The van der Waals surface area contributed by atoms with Crippen LogP contribution in [0.1, 0.15) is 26.2 Å². The summed E-state index contributed by atoms with van der Waals surface area (Å²) in [5.74, 6) is -0.274. The van der Waals surface area contributed by atoms with Crippen LogP contribution in [0.25, 0.3) is 0 Å². The van der Waals surface area contributed by atoms with Gasteiger partial charge in [0.1, 0.15) is 0 Å². The van der Waals surface area contributed by atoms with Gasteiger partial charge < -0.3 is 15.5 Å². The average Bonchev–Trinajstić information content (AvgIpc) is 2.92. The Morgan fingerprint density at radius 1 is 1.39 bits per heavy atom. The van der Waals surface area contributed by atoms with E-state index in [0.29, 0.717) is 6.54 Å². The van der Waals surface area contributed by atoms with Gasteiger partial charge in [-0.2, -0.15) is 0 Å². The Kier molecular flexibility index (Phi) is 5.02. The van der Waals surface area contributed by atoms with Gasteiger partial charge in [-0.15, -0.1) is 0 Å². The Labute approximate surface area is 144 Å². The maximum absolute atomic E-state index is 12.5. The summed E-state index contributed by atoms with van der Waals surface area (Å²) in [6, 6.07) is 8.06. The van der Waals surface area contributed by atoms with Crippen LogP contribution in [-0.4, -0.2) is 37.0 Å². The van der Waals surface area contributed by atoms with Gasteiger partial charge in [0, 0.05) is 29.5 Å². The molecule has 124 valence electrons. The van der Waals surface area contributed by atoms with Crippen molar-refractivity contribution in [1.82, 2.24) is 10.6 Å². The predicted molar refractivity (Wildman–Crippen MR) is 93.2 cm³/mol. The van der Waals surface area contributed by atoms with Crippen molar-refractivity contribution in [2.45, 2.75) is 38.3 Å². The number of carbonyl (C=O) groups is 2. The molecule has 2 aliphatic rings. The topological polar surface area (TPSA) is 61.4 Å². The van der Waals surface area contributed by atoms with Crippen LogP contribution in [0.2, 0.25) is 0 Å². The number of piperidine rings is 1. The van der Waals surface area contributed by atoms with Crippen molar-refractivity contribution in [2.24, 2.45) is 5.92 Å². The summed E-state index contributed by atoms with van der Waals surface area (Å²) in [5.41, 5.74) is 0.834. The highest BCUT2D eigenvalue weighted by Gasteiger charge is 2.37. The van der Waals surface area contributed by atoms with Gasteiger partial charge in [0.2, 0.25) is 11.8 Å². The highest BCUT2D eigenvalue weighted by atomic mass is 79.9. The van der Waals surface area contributed by atoms with E-state index in [2.05, 4.69) is 33.5 Å². The summed E-state index contributed by atoms with van der Waals surface area (Å²) in [4.78, 5) is 26.6. The number of anilines is 1. The van der Waals surface area contributed by atoms with Crippen LogP contribution < -0.4 is 15.5 Å². The molecule has 3 rings (SSSR count). The van der Waals surface area contributed by atoms with E-state index >= 15 is 0 Å². The Hall–Kier alpha value is -1.40. The Bertz CT molecular complexity index is 607. The molecule has 3 unspecified atom stereocenters. The third kappa shape index (κ3) is 3.58. The Balaban J connectivity index is 1.65. The molecule has 1 aromatic rings. The maximum Gasteiger partial charge on any atom is 0.227 e. The second kappa shape index (κ2) is 7.01. The number of amides is 2. The van der Waals surface area contributed by atoms with E-state index in [1.54, 1.807) is 4.90 Å². The van der Waals surface area contributed by atoms with E-state index in [9.17, 15) is 9.59 Å². The second-order valence-electron chi connectivity index (χ2n) is 6.36. The summed E-state index contributed by atoms with van der Waals surface area (Å²) in [7, 11) is 0. The lowest BCUT2D eigenvalue weighted by Crippen LogP contribution is -2.53. The SMILES string of the molecule is CC1NCCCC1NC(=O)C1CC(=O)N(c2ccccc2Br)C1. The lowest BCUT2D eigenvalue weighted by molar-refractivity contribution is -0.127. The van der Waals surface area contributed by atoms with Gasteiger partial charge in [0.05, 0.1) is 11.6 Å². The van der Waals surface area contributed by atoms with Crippen LogP contribution in [0.15, 0.2) is 28.7 Å². The van der Waals surface area contributed by atoms with Crippen LogP contribution in [0.4, 0.5) is 5.69 Å². The molecule has 2 fully saturated rings. The van der Waals surface area contributed by atoms with E-state index in [-0.39, 0.29) is 36.2 Å². The van der Waals surface area contributed by atoms with E-state index in [1.165, 1.54) is 0 Å². The maximum atomic E-state index is 12.5. The van der Waals surface area contributed by atoms with E-state index in [4.69, 9.17) is 0 Å². The summed E-state index contributed by atoms with van der Waals surface area (Å²) in [6.45, 7) is 3.55. The molecule has 0 aliphatic carbocycles. The fourth-order valence-electron chi connectivity index (χ4n) is 3.33. The number of hydrogen-bond acceptors (Lipinski definition) is 3. The molecule has 3 atom stereocenters. The fraction of sp³-hybridized carbons (Fsp3) is 0.529. The molecule has 2 amide bonds. The van der Waals surface area contributed by atoms with Crippen molar-refractivity contribution in [1.29, 1.82) is 0 Å². The molecule has 2 aliphatic heterocycles. The first-order chi connectivity index (χ1) is 11.1. The molecule has 2 N–H and O–H groups in total. The zero-order chi connectivity index (χ0) is 16.4. The third-order valence-corrected chi connectivity index (χ3v) is 5.40. The van der Waals surface area contributed by atoms with E-state index < -0.39 is 0 Å². The number of hydrogen-bond donors (Lipinski definition) is 2. The van der Waals surface area contributed by atoms with Gasteiger partial charge in [-0.3, -0.25) is 9.59 Å². The summed E-state index contributed by atoms with van der Waals surface area (Å²) < 4.78 is 0.875. The van der Waals surface area contributed by atoms with Crippen molar-refractivity contribution < 1.29 is 9.59 Å². The zero-order valence-electron chi connectivity index (χ0n) is 13.2. The number of halogens is 1. The Morgan fingerprint density at radius 3 is 2.91 bits per heavy atom. The van der Waals surface area contributed by atoms with Crippen LogP contribution in [0.3, 0.4) is 0 Å². The lowest BCUT2D eigenvalue weighted by atomic mass is 9.98. The monoisotopic (exact) mass is 379 g/mol. The second-order valence-corrected chi connectivity index (χ2v) is 7.21. The molecule has 0 saturated carbocycles. The minimum Gasteiger partial charge on any atom is -0.352 e. The molecule has 0 spiro atoms. The van der Waals surface area contributed by atoms with Gasteiger partial charge in [0.15, 0.2) is 0 Å². The van der Waals surface area contributed by atoms with Crippen LogP contribution >= 0.6 is 15.9 Å². The minimum absolute atomic E-state index is 0.00606. The quantitative estimate of drug-likeness (QED) is 0.844. The van der Waals surface area contributed by atoms with Gasteiger partial charge in [-0.05, 0) is 54.4 Å². The zero-order valence-corrected chi connectivity index (χ0v) is 14.8. The van der Waals surface area contributed by atoms with E-state index in [1.807, 2.05) is 24.3 Å². The first-order valence-corrected chi connectivity index (χ1v) is 8.94. The largest absolute Gasteiger partial charge is 0.352 e. The third-order valence-electron chi connectivity index (χ3n) is 4.73. The van der Waals surface area contributed by atoms with E-state index in [0.717, 1.165) is 29.5 Å². The summed E-state index contributed by atoms with van der Waals surface area (Å²) in [6.07, 6.45) is 2.35. The summed E-state index contributed by atoms with van der Waals surface area (Å²) >= 11 is 3.48. The average molecular weight is 380 g/mol. The van der Waals surface area contributed by atoms with Crippen molar-refractivity contribution in [3.8, 4) is 0 Å². The van der Waals surface area contributed by atoms with Gasteiger partial charge in [0.25, 0.3) is 0 Å². The molecule has 6 heteroatoms. The van der Waals surface area contributed by atoms with Gasteiger partial charge in [-0.25, -0.2) is 0 Å². The molecule has 0 radical (unpaired) electrons. The number of benzene rings is 1. The molecular weight excluding hydrogens is 358 g/mol. The molecule has 23 heavy (non-hydrogen) atoms. The van der Waals surface area contributed by atoms with Crippen molar-refractivity contribution in [2.75, 3.05) is 18.0 Å². The van der Waals surface area contributed by atoms with Gasteiger partial charge >= 0.3 is 0 Å². The molecule has 0 aromatic heterocycles. The molecule has 1 aromatic carbocycles. The minimum atomic E-state index is -0.274. The normalized spacial score (nSPS) is 28.0. The first-order valence-electron chi connectivity index (χ1n) is 8.15. The number of carbonyl (C=O) groups excluding carboxylic acids is 2. The Morgan fingerprint density at radius 2 is 2.17 bits per heavy atom. The number of para-hydroxylation sites is 1. The molecule has 2 saturated heterocycles. The fourth-order valence-corrected chi connectivity index (χ4v) is 3.83. The lowest BCUT2D eigenvalue weighted by Gasteiger charge is -2.31. The highest BCUT2D eigenvalue weighted by molar-refractivity contribution is 9.10. The highest BCUT2D eigenvalue weighted by Crippen LogP contribution is 2.31. The van der Waals surface area contributed by atoms with Crippen molar-refractivity contribution in [3.05, 3.63) is 28.7 Å². The van der Waals surface area contributed by atoms with Crippen molar-refractivity contribution >= 4 is 33.4 Å². The number of nitrogens with one attached hydrogen (secondary N) is 2. The number of rotatable bonds is 3. The number of nitrogens with zero attached hydrogens (tertiary/aromatic N) is 1. The first kappa shape index (κ1) is 16.5. The summed E-state index contributed by atoms with van der Waals surface area (Å²) in [5, 5.41) is 6.51. The van der Waals surface area contributed by atoms with Crippen LogP contribution in [-0.2, 0) is 9.59 Å². The standard InChI is InChI=1S/C17H22BrN3O2/c1-11-14(6-4-8-19-11)20-17(23)12-9-16(22)21(10-12)15-7-3-2-5-13(15)18/h2-3,5,7,11-12,14,19H,4,6,8-10H2,1H3,(H,20,23). The molecule has 2 heterocycles. The van der Waals surface area contributed by atoms with Crippen LogP contribution in [0, 0.1) is 5.92 Å². The molecule has 5 nitrogen and oxygen atoms in total. The predicted octanol–water partition coefficient (Wildman–Crippen LogP) is 2.06. The molecule has 0 bridgehead atoms.